The number of rotatable bonds is 4. The molecule has 0 atom stereocenters. The first-order chi connectivity index (χ1) is 13.9. The van der Waals surface area contributed by atoms with Gasteiger partial charge in [-0.2, -0.15) is 10.1 Å². The van der Waals surface area contributed by atoms with Gasteiger partial charge in [-0.3, -0.25) is 4.79 Å². The lowest BCUT2D eigenvalue weighted by atomic mass is 9.66. The highest BCUT2D eigenvalue weighted by Crippen LogP contribution is 2.43. The maximum atomic E-state index is 12.3. The van der Waals surface area contributed by atoms with Crippen LogP contribution in [0.15, 0.2) is 37.1 Å². The fourth-order valence-corrected chi connectivity index (χ4v) is 4.22. The number of anilines is 1. The molecule has 0 unspecified atom stereocenters. The van der Waals surface area contributed by atoms with E-state index in [0.29, 0.717) is 5.95 Å². The summed E-state index contributed by atoms with van der Waals surface area (Å²) in [5.74, 6) is 0.743. The van der Waals surface area contributed by atoms with E-state index in [-0.39, 0.29) is 17.4 Å². The Morgan fingerprint density at radius 2 is 2.14 bits per heavy atom. The third-order valence-corrected chi connectivity index (χ3v) is 5.67. The van der Waals surface area contributed by atoms with Gasteiger partial charge < -0.3 is 15.2 Å². The van der Waals surface area contributed by atoms with Crippen molar-refractivity contribution in [1.29, 1.82) is 0 Å². The van der Waals surface area contributed by atoms with Crippen molar-refractivity contribution < 1.29 is 4.79 Å². The molecular weight excluding hydrogens is 368 g/mol. The highest BCUT2D eigenvalue weighted by molar-refractivity contribution is 5.93. The van der Waals surface area contributed by atoms with Crippen LogP contribution in [0.2, 0.25) is 0 Å². The number of H-pyrrole nitrogens is 1. The molecule has 0 saturated heterocycles. The summed E-state index contributed by atoms with van der Waals surface area (Å²) in [6.07, 6.45) is 8.78. The minimum Gasteiger partial charge on any atom is -0.351 e. The van der Waals surface area contributed by atoms with E-state index in [9.17, 15) is 4.79 Å². The number of aromatic nitrogens is 6. The van der Waals surface area contributed by atoms with E-state index in [2.05, 4.69) is 30.4 Å². The first-order valence-electron chi connectivity index (χ1n) is 9.55. The predicted molar refractivity (Wildman–Crippen MR) is 109 cm³/mol. The Morgan fingerprint density at radius 1 is 1.31 bits per heavy atom. The number of fused-ring (bicyclic) bond motifs is 2. The summed E-state index contributed by atoms with van der Waals surface area (Å²) in [4.78, 5) is 30.5. The Kier molecular flexibility index (Phi) is 3.80. The van der Waals surface area contributed by atoms with E-state index < -0.39 is 0 Å². The van der Waals surface area contributed by atoms with Gasteiger partial charge in [0.05, 0.1) is 5.41 Å². The topological polar surface area (TPSA) is 104 Å². The van der Waals surface area contributed by atoms with Crippen molar-refractivity contribution in [2.24, 2.45) is 5.41 Å². The SMILES string of the molecule is CN(C)C(=O)[C@]1(C)C[C@H](Nc2ncc3c(-c4ccc5ncnn5c4)c[nH]c3n2)C1. The molecule has 0 aromatic carbocycles. The van der Waals surface area contributed by atoms with Crippen molar-refractivity contribution in [3.63, 3.8) is 0 Å². The molecule has 4 aromatic rings. The van der Waals surface area contributed by atoms with Crippen molar-refractivity contribution >= 4 is 28.5 Å². The average Bonchev–Trinajstić information content (AvgIpc) is 3.31. The summed E-state index contributed by atoms with van der Waals surface area (Å²) in [5.41, 5.74) is 3.29. The smallest absolute Gasteiger partial charge is 0.228 e. The fourth-order valence-electron chi connectivity index (χ4n) is 4.22. The lowest BCUT2D eigenvalue weighted by molar-refractivity contribution is -0.143. The number of aromatic amines is 1. The van der Waals surface area contributed by atoms with E-state index in [1.807, 2.05) is 37.6 Å². The molecule has 0 radical (unpaired) electrons. The molecule has 9 nitrogen and oxygen atoms in total. The number of hydrogen-bond acceptors (Lipinski definition) is 6. The van der Waals surface area contributed by atoms with Gasteiger partial charge in [0.2, 0.25) is 11.9 Å². The van der Waals surface area contributed by atoms with Crippen molar-refractivity contribution in [2.45, 2.75) is 25.8 Å². The molecule has 0 spiro atoms. The maximum Gasteiger partial charge on any atom is 0.228 e. The maximum absolute atomic E-state index is 12.3. The van der Waals surface area contributed by atoms with Crippen LogP contribution in [0.1, 0.15) is 19.8 Å². The third-order valence-electron chi connectivity index (χ3n) is 5.67. The third kappa shape index (κ3) is 2.89. The quantitative estimate of drug-likeness (QED) is 0.554. The van der Waals surface area contributed by atoms with Crippen LogP contribution in [-0.4, -0.2) is 60.5 Å². The summed E-state index contributed by atoms with van der Waals surface area (Å²) in [5, 5.41) is 8.49. The molecule has 4 heterocycles. The Morgan fingerprint density at radius 3 is 2.93 bits per heavy atom. The molecule has 1 aliphatic rings. The van der Waals surface area contributed by atoms with E-state index in [1.54, 1.807) is 23.5 Å². The number of nitrogens with one attached hydrogen (secondary N) is 2. The molecule has 5 rings (SSSR count). The zero-order valence-electron chi connectivity index (χ0n) is 16.5. The molecule has 1 saturated carbocycles. The average molecular weight is 390 g/mol. The molecule has 1 aliphatic carbocycles. The number of amides is 1. The molecule has 1 amide bonds. The van der Waals surface area contributed by atoms with Crippen molar-refractivity contribution in [3.8, 4) is 11.1 Å². The van der Waals surface area contributed by atoms with Gasteiger partial charge in [-0.05, 0) is 25.0 Å². The van der Waals surface area contributed by atoms with Gasteiger partial charge in [0.15, 0.2) is 5.65 Å². The minimum absolute atomic E-state index is 0.172. The second kappa shape index (κ2) is 6.26. The molecule has 0 aliphatic heterocycles. The van der Waals surface area contributed by atoms with E-state index in [4.69, 9.17) is 0 Å². The Balaban J connectivity index is 1.35. The van der Waals surface area contributed by atoms with E-state index in [0.717, 1.165) is 40.6 Å². The van der Waals surface area contributed by atoms with Crippen molar-refractivity contribution in [2.75, 3.05) is 19.4 Å². The van der Waals surface area contributed by atoms with Crippen LogP contribution in [-0.2, 0) is 4.79 Å². The highest BCUT2D eigenvalue weighted by Gasteiger charge is 2.47. The molecule has 29 heavy (non-hydrogen) atoms. The van der Waals surface area contributed by atoms with Crippen LogP contribution in [0.4, 0.5) is 5.95 Å². The van der Waals surface area contributed by atoms with Gasteiger partial charge in [0, 0.05) is 55.2 Å². The Hall–Kier alpha value is -3.49. The molecule has 9 heteroatoms. The lowest BCUT2D eigenvalue weighted by Gasteiger charge is -2.45. The predicted octanol–water partition coefficient (Wildman–Crippen LogP) is 2.34. The van der Waals surface area contributed by atoms with E-state index in [1.165, 1.54) is 6.33 Å². The molecule has 0 bridgehead atoms. The van der Waals surface area contributed by atoms with E-state index >= 15 is 0 Å². The molecule has 148 valence electrons. The molecular formula is C20H22N8O. The summed E-state index contributed by atoms with van der Waals surface area (Å²) >= 11 is 0. The zero-order valence-corrected chi connectivity index (χ0v) is 16.5. The molecule has 4 aromatic heterocycles. The van der Waals surface area contributed by atoms with Gasteiger partial charge in [-0.15, -0.1) is 0 Å². The first-order valence-corrected chi connectivity index (χ1v) is 9.55. The molecule has 2 N–H and O–H groups in total. The van der Waals surface area contributed by atoms with Crippen LogP contribution in [0.5, 0.6) is 0 Å². The summed E-state index contributed by atoms with van der Waals surface area (Å²) in [6, 6.07) is 4.14. The van der Waals surface area contributed by atoms with Gasteiger partial charge >= 0.3 is 0 Å². The lowest BCUT2D eigenvalue weighted by Crippen LogP contribution is -2.52. The highest BCUT2D eigenvalue weighted by atomic mass is 16.2. The van der Waals surface area contributed by atoms with Crippen LogP contribution in [0.25, 0.3) is 27.8 Å². The van der Waals surface area contributed by atoms with Crippen LogP contribution < -0.4 is 5.32 Å². The second-order valence-electron chi connectivity index (χ2n) is 8.15. The minimum atomic E-state index is -0.301. The summed E-state index contributed by atoms with van der Waals surface area (Å²) in [7, 11) is 3.60. The van der Waals surface area contributed by atoms with Crippen LogP contribution in [0, 0.1) is 5.41 Å². The van der Waals surface area contributed by atoms with Gasteiger partial charge in [-0.25, -0.2) is 14.5 Å². The zero-order chi connectivity index (χ0) is 20.2. The monoisotopic (exact) mass is 390 g/mol. The summed E-state index contributed by atoms with van der Waals surface area (Å²) in [6.45, 7) is 2.01. The van der Waals surface area contributed by atoms with Gasteiger partial charge in [0.1, 0.15) is 12.0 Å². The number of hydrogen-bond donors (Lipinski definition) is 2. The number of pyridine rings is 1. The van der Waals surface area contributed by atoms with Crippen LogP contribution >= 0.6 is 0 Å². The fraction of sp³-hybridized carbons (Fsp3) is 0.350. The standard InChI is InChI=1S/C20H22N8O/c1-20(18(29)27(2)3)6-13(7-20)25-19-22-9-15-14(8-21-17(15)26-19)12-4-5-16-23-11-24-28(16)10-12/h4-5,8-11,13H,6-7H2,1-3H3,(H2,21,22,25,26)/t13-,20+. The normalized spacial score (nSPS) is 21.3. The first kappa shape index (κ1) is 17.6. The molecule has 1 fully saturated rings. The van der Waals surface area contributed by atoms with Crippen LogP contribution in [0.3, 0.4) is 0 Å². The summed E-state index contributed by atoms with van der Waals surface area (Å²) < 4.78 is 1.74. The van der Waals surface area contributed by atoms with Gasteiger partial charge in [-0.1, -0.05) is 6.92 Å². The van der Waals surface area contributed by atoms with Crippen molar-refractivity contribution in [3.05, 3.63) is 37.1 Å². The van der Waals surface area contributed by atoms with Crippen molar-refractivity contribution in [1.82, 2.24) is 34.4 Å². The Bertz CT molecular complexity index is 1220. The number of carbonyl (C=O) groups is 1. The Labute approximate surface area is 167 Å². The van der Waals surface area contributed by atoms with Gasteiger partial charge in [0.25, 0.3) is 0 Å². The largest absolute Gasteiger partial charge is 0.351 e. The number of nitrogens with zero attached hydrogens (tertiary/aromatic N) is 6. The second-order valence-corrected chi connectivity index (χ2v) is 8.15. The number of carbonyl (C=O) groups excluding carboxylic acids is 1.